The first-order valence-electron chi connectivity index (χ1n) is 8.01. The van der Waals surface area contributed by atoms with Gasteiger partial charge in [-0.25, -0.2) is 4.39 Å². The number of carbonyl (C=O) groups excluding carboxylic acids is 1. The van der Waals surface area contributed by atoms with Gasteiger partial charge in [0.2, 0.25) is 0 Å². The molecule has 1 aromatic carbocycles. The second-order valence-electron chi connectivity index (χ2n) is 5.94. The monoisotopic (exact) mass is 347 g/mol. The van der Waals surface area contributed by atoms with Crippen LogP contribution in [-0.4, -0.2) is 30.0 Å². The van der Waals surface area contributed by atoms with Crippen LogP contribution >= 0.6 is 11.6 Å². The third-order valence-electron chi connectivity index (χ3n) is 4.26. The highest BCUT2D eigenvalue weighted by atomic mass is 35.5. The summed E-state index contributed by atoms with van der Waals surface area (Å²) in [4.78, 5) is 18.5. The van der Waals surface area contributed by atoms with Gasteiger partial charge in [0.1, 0.15) is 5.82 Å². The van der Waals surface area contributed by atoms with E-state index in [0.717, 1.165) is 30.6 Å². The van der Waals surface area contributed by atoms with Crippen LogP contribution in [0.4, 0.5) is 10.1 Å². The molecule has 2 heterocycles. The van der Waals surface area contributed by atoms with Gasteiger partial charge in [-0.3, -0.25) is 9.78 Å². The van der Waals surface area contributed by atoms with Crippen molar-refractivity contribution in [3.8, 4) is 0 Å². The minimum absolute atomic E-state index is 0.0292. The number of hydrogen-bond acceptors (Lipinski definition) is 3. The number of nitrogens with zero attached hydrogens (tertiary/aromatic N) is 2. The summed E-state index contributed by atoms with van der Waals surface area (Å²) in [5.41, 5.74) is 2.39. The first-order valence-corrected chi connectivity index (χ1v) is 8.39. The summed E-state index contributed by atoms with van der Waals surface area (Å²) in [6.07, 6.45) is 5.00. The van der Waals surface area contributed by atoms with Gasteiger partial charge in [0.25, 0.3) is 5.91 Å². The Labute approximate surface area is 145 Å². The first-order chi connectivity index (χ1) is 11.6. The van der Waals surface area contributed by atoms with Gasteiger partial charge in [0, 0.05) is 37.2 Å². The lowest BCUT2D eigenvalue weighted by molar-refractivity contribution is 0.0940. The summed E-state index contributed by atoms with van der Waals surface area (Å²) in [6, 6.07) is 6.68. The van der Waals surface area contributed by atoms with E-state index in [9.17, 15) is 9.18 Å². The fourth-order valence-corrected chi connectivity index (χ4v) is 2.99. The number of halogens is 2. The Morgan fingerprint density at radius 1 is 1.42 bits per heavy atom. The molecule has 2 aromatic rings. The second-order valence-corrected chi connectivity index (χ2v) is 6.35. The van der Waals surface area contributed by atoms with Gasteiger partial charge < -0.3 is 10.2 Å². The molecule has 1 N–H and O–H groups in total. The van der Waals surface area contributed by atoms with Crippen molar-refractivity contribution in [1.29, 1.82) is 0 Å². The van der Waals surface area contributed by atoms with Crippen LogP contribution in [0, 0.1) is 5.82 Å². The van der Waals surface area contributed by atoms with Crippen molar-refractivity contribution in [3.63, 3.8) is 0 Å². The number of amides is 1. The number of pyridine rings is 1. The van der Waals surface area contributed by atoms with Gasteiger partial charge in [0.05, 0.1) is 10.6 Å². The fourth-order valence-electron chi connectivity index (χ4n) is 2.87. The molecule has 3 rings (SSSR count). The zero-order chi connectivity index (χ0) is 17.1. The molecular formula is C18H19ClFN3O. The van der Waals surface area contributed by atoms with E-state index < -0.39 is 5.82 Å². The van der Waals surface area contributed by atoms with Crippen LogP contribution in [-0.2, 0) is 6.42 Å². The molecule has 0 aliphatic carbocycles. The summed E-state index contributed by atoms with van der Waals surface area (Å²) in [7, 11) is 0. The Bertz CT molecular complexity index is 753. The van der Waals surface area contributed by atoms with E-state index in [1.54, 1.807) is 24.5 Å². The highest BCUT2D eigenvalue weighted by molar-refractivity contribution is 6.30. The predicted molar refractivity (Wildman–Crippen MR) is 93.1 cm³/mol. The molecule has 1 aliphatic rings. The quantitative estimate of drug-likeness (QED) is 0.921. The largest absolute Gasteiger partial charge is 0.369 e. The number of benzene rings is 1. The van der Waals surface area contributed by atoms with Crippen molar-refractivity contribution < 1.29 is 9.18 Å². The zero-order valence-electron chi connectivity index (χ0n) is 13.4. The number of nitrogens with one attached hydrogen (secondary N) is 1. The van der Waals surface area contributed by atoms with E-state index in [-0.39, 0.29) is 17.0 Å². The van der Waals surface area contributed by atoms with Gasteiger partial charge in [0.15, 0.2) is 0 Å². The zero-order valence-corrected chi connectivity index (χ0v) is 14.2. The molecule has 126 valence electrons. The molecule has 1 aromatic heterocycles. The number of rotatable bonds is 4. The highest BCUT2D eigenvalue weighted by Crippen LogP contribution is 2.25. The number of anilines is 1. The Hall–Kier alpha value is -2.14. The van der Waals surface area contributed by atoms with Crippen molar-refractivity contribution >= 4 is 23.2 Å². The third-order valence-corrected chi connectivity index (χ3v) is 4.56. The van der Waals surface area contributed by atoms with E-state index in [0.29, 0.717) is 12.1 Å². The van der Waals surface area contributed by atoms with Crippen molar-refractivity contribution in [1.82, 2.24) is 10.3 Å². The second kappa shape index (κ2) is 7.18. The fraction of sp³-hybridized carbons (Fsp3) is 0.333. The molecule has 0 radical (unpaired) electrons. The van der Waals surface area contributed by atoms with E-state index in [2.05, 4.69) is 10.3 Å². The highest BCUT2D eigenvalue weighted by Gasteiger charge is 2.25. The molecule has 4 nitrogen and oxygen atoms in total. The van der Waals surface area contributed by atoms with E-state index in [1.807, 2.05) is 17.9 Å². The number of carbonyl (C=O) groups is 1. The molecule has 1 amide bonds. The topological polar surface area (TPSA) is 45.2 Å². The number of aromatic nitrogens is 1. The lowest BCUT2D eigenvalue weighted by atomic mass is 10.1. The molecular weight excluding hydrogens is 329 g/mol. The van der Waals surface area contributed by atoms with Crippen LogP contribution in [0.3, 0.4) is 0 Å². The Balaban J connectivity index is 1.63. The molecule has 1 aliphatic heterocycles. The molecule has 24 heavy (non-hydrogen) atoms. The number of hydrogen-bond donors (Lipinski definition) is 1. The molecule has 0 bridgehead atoms. The van der Waals surface area contributed by atoms with Crippen molar-refractivity contribution in [2.45, 2.75) is 25.8 Å². The minimum atomic E-state index is -0.427. The SMILES string of the molecule is CCc1cncc(C(=O)NC2CCN(c3ccc(Cl)c(F)c3)C2)c1. The van der Waals surface area contributed by atoms with Gasteiger partial charge in [-0.15, -0.1) is 0 Å². The van der Waals surface area contributed by atoms with Crippen LogP contribution in [0.25, 0.3) is 0 Å². The van der Waals surface area contributed by atoms with Gasteiger partial charge in [-0.05, 0) is 42.7 Å². The standard InChI is InChI=1S/C18H19ClFN3O/c1-2-12-7-13(10-21-9-12)18(24)22-14-5-6-23(11-14)15-3-4-16(19)17(20)8-15/h3-4,7-10,14H,2,5-6,11H2,1H3,(H,22,24). The third kappa shape index (κ3) is 3.67. The Morgan fingerprint density at radius 2 is 2.25 bits per heavy atom. The Kier molecular flexibility index (Phi) is 5.00. The molecule has 0 spiro atoms. The lowest BCUT2D eigenvalue weighted by Gasteiger charge is -2.19. The van der Waals surface area contributed by atoms with Crippen LogP contribution in [0.5, 0.6) is 0 Å². The van der Waals surface area contributed by atoms with Crippen molar-refractivity contribution in [2.75, 3.05) is 18.0 Å². The lowest BCUT2D eigenvalue weighted by Crippen LogP contribution is -2.37. The van der Waals surface area contributed by atoms with Crippen molar-refractivity contribution in [2.24, 2.45) is 0 Å². The normalized spacial score (nSPS) is 17.1. The van der Waals surface area contributed by atoms with Crippen LogP contribution in [0.1, 0.15) is 29.3 Å². The van der Waals surface area contributed by atoms with E-state index in [1.165, 1.54) is 6.07 Å². The van der Waals surface area contributed by atoms with Crippen molar-refractivity contribution in [3.05, 3.63) is 58.6 Å². The molecule has 1 atom stereocenters. The minimum Gasteiger partial charge on any atom is -0.369 e. The summed E-state index contributed by atoms with van der Waals surface area (Å²) >= 11 is 5.72. The van der Waals surface area contributed by atoms with Gasteiger partial charge in [-0.2, -0.15) is 0 Å². The average Bonchev–Trinajstić information content (AvgIpc) is 3.06. The smallest absolute Gasteiger partial charge is 0.253 e. The number of aryl methyl sites for hydroxylation is 1. The summed E-state index contributed by atoms with van der Waals surface area (Å²) in [5.74, 6) is -0.545. The van der Waals surface area contributed by atoms with Gasteiger partial charge in [-0.1, -0.05) is 18.5 Å². The molecule has 1 unspecified atom stereocenters. The van der Waals surface area contributed by atoms with Crippen LogP contribution < -0.4 is 10.2 Å². The Morgan fingerprint density at radius 3 is 3.00 bits per heavy atom. The van der Waals surface area contributed by atoms with Crippen LogP contribution in [0.2, 0.25) is 5.02 Å². The van der Waals surface area contributed by atoms with E-state index in [4.69, 9.17) is 11.6 Å². The molecule has 0 saturated carbocycles. The van der Waals surface area contributed by atoms with Crippen LogP contribution in [0.15, 0.2) is 36.7 Å². The summed E-state index contributed by atoms with van der Waals surface area (Å²) < 4.78 is 13.6. The molecule has 1 fully saturated rings. The van der Waals surface area contributed by atoms with E-state index >= 15 is 0 Å². The maximum Gasteiger partial charge on any atom is 0.253 e. The molecule has 1 saturated heterocycles. The summed E-state index contributed by atoms with van der Waals surface area (Å²) in [5, 5.41) is 3.15. The predicted octanol–water partition coefficient (Wildman–Crippen LogP) is 3.45. The first kappa shape index (κ1) is 16.7. The van der Waals surface area contributed by atoms with Gasteiger partial charge >= 0.3 is 0 Å². The average molecular weight is 348 g/mol. The molecule has 6 heteroatoms. The maximum atomic E-state index is 13.6. The maximum absolute atomic E-state index is 13.6. The summed E-state index contributed by atoms with van der Waals surface area (Å²) in [6.45, 7) is 3.44.